The molecule has 4 nitrogen and oxygen atoms in total. The van der Waals surface area contributed by atoms with Gasteiger partial charge < -0.3 is 9.80 Å². The van der Waals surface area contributed by atoms with Gasteiger partial charge >= 0.3 is 0 Å². The second kappa shape index (κ2) is 7.23. The number of aryl methyl sites for hydroxylation is 1. The highest BCUT2D eigenvalue weighted by molar-refractivity contribution is 7.09. The Balaban J connectivity index is 1.90. The summed E-state index contributed by atoms with van der Waals surface area (Å²) < 4.78 is 0. The molecule has 1 heterocycles. The van der Waals surface area contributed by atoms with Crippen LogP contribution >= 0.6 is 11.3 Å². The van der Waals surface area contributed by atoms with Crippen LogP contribution in [0, 0.1) is 0 Å². The minimum absolute atomic E-state index is 0.163. The van der Waals surface area contributed by atoms with E-state index >= 15 is 0 Å². The predicted octanol–water partition coefficient (Wildman–Crippen LogP) is 3.11. The summed E-state index contributed by atoms with van der Waals surface area (Å²) in [5, 5.41) is 2.97. The third-order valence-electron chi connectivity index (χ3n) is 4.27. The zero-order valence-electron chi connectivity index (χ0n) is 13.7. The number of rotatable bonds is 5. The van der Waals surface area contributed by atoms with Crippen LogP contribution in [0.25, 0.3) is 0 Å². The fraction of sp³-hybridized carbons (Fsp3) is 0.444. The molecule has 23 heavy (non-hydrogen) atoms. The van der Waals surface area contributed by atoms with Crippen LogP contribution in [0.4, 0.5) is 0 Å². The Labute approximate surface area is 141 Å². The van der Waals surface area contributed by atoms with Crippen molar-refractivity contribution in [2.75, 3.05) is 20.6 Å². The monoisotopic (exact) mass is 329 g/mol. The Morgan fingerprint density at radius 3 is 2.91 bits per heavy atom. The van der Waals surface area contributed by atoms with Gasteiger partial charge in [-0.2, -0.15) is 0 Å². The second-order valence-corrected chi connectivity index (χ2v) is 7.27. The van der Waals surface area contributed by atoms with Crippen molar-refractivity contribution >= 4 is 17.2 Å². The van der Waals surface area contributed by atoms with Crippen molar-refractivity contribution in [3.8, 4) is 0 Å². The summed E-state index contributed by atoms with van der Waals surface area (Å²) in [4.78, 5) is 21.2. The van der Waals surface area contributed by atoms with Crippen LogP contribution in [-0.2, 0) is 17.8 Å². The van der Waals surface area contributed by atoms with Crippen LogP contribution in [0.2, 0.25) is 0 Å². The van der Waals surface area contributed by atoms with Crippen LogP contribution < -0.4 is 0 Å². The first kappa shape index (κ1) is 16.1. The summed E-state index contributed by atoms with van der Waals surface area (Å²) in [6, 6.07) is 8.70. The largest absolute Gasteiger partial charge is 0.328 e. The number of carbonyl (C=O) groups excluding carboxylic acids is 1. The molecule has 1 aliphatic rings. The average Bonchev–Trinajstić information content (AvgIpc) is 3.04. The lowest BCUT2D eigenvalue weighted by atomic mass is 9.86. The third-order valence-corrected chi connectivity index (χ3v) is 5.04. The lowest BCUT2D eigenvalue weighted by molar-refractivity contribution is -0.135. The predicted molar refractivity (Wildman–Crippen MR) is 93.3 cm³/mol. The number of hydrogen-bond donors (Lipinski definition) is 0. The fourth-order valence-electron chi connectivity index (χ4n) is 3.26. The van der Waals surface area contributed by atoms with Crippen molar-refractivity contribution in [2.24, 2.45) is 0 Å². The second-order valence-electron chi connectivity index (χ2n) is 6.29. The van der Waals surface area contributed by atoms with E-state index in [0.29, 0.717) is 13.1 Å². The van der Waals surface area contributed by atoms with E-state index in [1.54, 1.807) is 11.3 Å². The van der Waals surface area contributed by atoms with Crippen molar-refractivity contribution in [3.05, 3.63) is 52.0 Å². The molecule has 1 atom stereocenters. The number of nitrogens with zero attached hydrogens (tertiary/aromatic N) is 3. The van der Waals surface area contributed by atoms with Gasteiger partial charge in [0, 0.05) is 11.6 Å². The minimum atomic E-state index is 0.163. The van der Waals surface area contributed by atoms with Crippen molar-refractivity contribution in [1.29, 1.82) is 0 Å². The van der Waals surface area contributed by atoms with Gasteiger partial charge in [-0.15, -0.1) is 11.3 Å². The maximum absolute atomic E-state index is 12.9. The molecule has 1 aromatic heterocycles. The van der Waals surface area contributed by atoms with E-state index in [4.69, 9.17) is 0 Å². The fourth-order valence-corrected chi connectivity index (χ4v) is 3.88. The molecule has 0 radical (unpaired) electrons. The average molecular weight is 329 g/mol. The molecule has 0 bridgehead atoms. The van der Waals surface area contributed by atoms with E-state index in [0.717, 1.165) is 24.3 Å². The topological polar surface area (TPSA) is 36.4 Å². The molecule has 0 saturated heterocycles. The molecular formula is C18H23N3OS. The van der Waals surface area contributed by atoms with Crippen LogP contribution in [0.1, 0.15) is 35.0 Å². The molecule has 5 heteroatoms. The van der Waals surface area contributed by atoms with Crippen molar-refractivity contribution in [2.45, 2.75) is 31.8 Å². The molecule has 0 spiro atoms. The molecule has 1 aliphatic carbocycles. The molecule has 1 aromatic carbocycles. The SMILES string of the molecule is CN(C)CC(=O)N(Cc1nccs1)[C@H]1CCCc2ccccc21. The number of likely N-dealkylation sites (N-methyl/N-ethyl adjacent to an activating group) is 1. The molecule has 0 aliphatic heterocycles. The zero-order chi connectivity index (χ0) is 16.2. The summed E-state index contributed by atoms with van der Waals surface area (Å²) >= 11 is 1.61. The number of fused-ring (bicyclic) bond motifs is 1. The Hall–Kier alpha value is -1.72. The summed E-state index contributed by atoms with van der Waals surface area (Å²) in [5.41, 5.74) is 2.69. The third kappa shape index (κ3) is 3.79. The molecule has 122 valence electrons. The van der Waals surface area contributed by atoms with Crippen LogP contribution in [0.5, 0.6) is 0 Å². The number of benzene rings is 1. The number of amides is 1. The Kier molecular flexibility index (Phi) is 5.08. The molecule has 1 amide bonds. The van der Waals surface area contributed by atoms with Gasteiger partial charge in [0.05, 0.1) is 19.1 Å². The van der Waals surface area contributed by atoms with E-state index in [2.05, 4.69) is 29.2 Å². The Morgan fingerprint density at radius 2 is 2.17 bits per heavy atom. The normalized spacial score (nSPS) is 17.1. The molecule has 3 rings (SSSR count). The van der Waals surface area contributed by atoms with E-state index < -0.39 is 0 Å². The van der Waals surface area contributed by atoms with Gasteiger partial charge in [0.2, 0.25) is 5.91 Å². The van der Waals surface area contributed by atoms with Crippen LogP contribution in [0.3, 0.4) is 0 Å². The maximum Gasteiger partial charge on any atom is 0.237 e. The molecule has 0 N–H and O–H groups in total. The number of thiazole rings is 1. The highest BCUT2D eigenvalue weighted by Gasteiger charge is 2.29. The van der Waals surface area contributed by atoms with Gasteiger partial charge in [-0.05, 0) is 44.5 Å². The first-order valence-corrected chi connectivity index (χ1v) is 8.93. The highest BCUT2D eigenvalue weighted by Crippen LogP contribution is 2.35. The van der Waals surface area contributed by atoms with Crippen LogP contribution in [0.15, 0.2) is 35.8 Å². The van der Waals surface area contributed by atoms with Crippen molar-refractivity contribution < 1.29 is 4.79 Å². The van der Waals surface area contributed by atoms with Gasteiger partial charge in [-0.25, -0.2) is 4.98 Å². The van der Waals surface area contributed by atoms with Gasteiger partial charge in [0.15, 0.2) is 0 Å². The van der Waals surface area contributed by atoms with Gasteiger partial charge in [0.1, 0.15) is 5.01 Å². The molecule has 0 fully saturated rings. The van der Waals surface area contributed by atoms with E-state index in [1.165, 1.54) is 11.1 Å². The van der Waals surface area contributed by atoms with Gasteiger partial charge in [0.25, 0.3) is 0 Å². The lowest BCUT2D eigenvalue weighted by Crippen LogP contribution is -2.41. The van der Waals surface area contributed by atoms with Gasteiger partial charge in [-0.3, -0.25) is 4.79 Å². The summed E-state index contributed by atoms with van der Waals surface area (Å²) in [5.74, 6) is 0.173. The quantitative estimate of drug-likeness (QED) is 0.846. The molecule has 2 aromatic rings. The summed E-state index contributed by atoms with van der Waals surface area (Å²) in [6.07, 6.45) is 5.08. The Bertz CT molecular complexity index is 654. The van der Waals surface area contributed by atoms with Crippen molar-refractivity contribution in [3.63, 3.8) is 0 Å². The summed E-state index contributed by atoms with van der Waals surface area (Å²) in [6.45, 7) is 1.04. The molecule has 0 unspecified atom stereocenters. The molecular weight excluding hydrogens is 306 g/mol. The van der Waals surface area contributed by atoms with E-state index in [1.807, 2.05) is 35.5 Å². The van der Waals surface area contributed by atoms with Crippen LogP contribution in [-0.4, -0.2) is 41.3 Å². The molecule has 0 saturated carbocycles. The number of carbonyl (C=O) groups is 1. The summed E-state index contributed by atoms with van der Waals surface area (Å²) in [7, 11) is 3.88. The zero-order valence-corrected chi connectivity index (χ0v) is 14.6. The first-order chi connectivity index (χ1) is 11.1. The highest BCUT2D eigenvalue weighted by atomic mass is 32.1. The smallest absolute Gasteiger partial charge is 0.237 e. The minimum Gasteiger partial charge on any atom is -0.328 e. The van der Waals surface area contributed by atoms with E-state index in [9.17, 15) is 4.79 Å². The number of hydrogen-bond acceptors (Lipinski definition) is 4. The van der Waals surface area contributed by atoms with E-state index in [-0.39, 0.29) is 11.9 Å². The number of aromatic nitrogens is 1. The van der Waals surface area contributed by atoms with Gasteiger partial charge in [-0.1, -0.05) is 24.3 Å². The van der Waals surface area contributed by atoms with Crippen molar-refractivity contribution in [1.82, 2.24) is 14.8 Å². The first-order valence-electron chi connectivity index (χ1n) is 8.05. The lowest BCUT2D eigenvalue weighted by Gasteiger charge is -2.36. The standard InChI is InChI=1S/C18H23N3OS/c1-20(2)13-18(22)21(12-17-19-10-11-23-17)16-9-5-7-14-6-3-4-8-15(14)16/h3-4,6,8,10-11,16H,5,7,9,12-13H2,1-2H3/t16-/m0/s1. The maximum atomic E-state index is 12.9. The Morgan fingerprint density at radius 1 is 1.35 bits per heavy atom.